The Balaban J connectivity index is 0.00000200. The summed E-state index contributed by atoms with van der Waals surface area (Å²) in [7, 11) is 3.06. The van der Waals surface area contributed by atoms with Gasteiger partial charge in [0.05, 0.1) is 38.9 Å². The maximum atomic E-state index is 12.2. The van der Waals surface area contributed by atoms with E-state index in [1.165, 1.54) is 13.7 Å². The molecule has 0 aliphatic rings. The molecule has 0 fully saturated rings. The average molecular weight is 363 g/mol. The second-order valence-corrected chi connectivity index (χ2v) is 3.80. The molecule has 0 aliphatic carbocycles. The quantitative estimate of drug-likeness (QED) is 0.352. The number of carbonyl (C=O) groups excluding carboxylic acids is 1. The molecule has 0 spiro atoms. The molecule has 2 rings (SSSR count). The Bertz CT molecular complexity index is 573. The molecule has 0 amide bonds. The Morgan fingerprint density at radius 1 is 1.20 bits per heavy atom. The molecule has 4 nitrogen and oxygen atoms in total. The number of aromatic nitrogens is 1. The van der Waals surface area contributed by atoms with E-state index in [0.29, 0.717) is 17.1 Å². The van der Waals surface area contributed by atoms with Gasteiger partial charge in [-0.25, -0.2) is 0 Å². The number of hydrogen-bond donors (Lipinski definition) is 0. The van der Waals surface area contributed by atoms with Crippen LogP contribution in [0.2, 0.25) is 0 Å². The summed E-state index contributed by atoms with van der Waals surface area (Å²) in [6.07, 6.45) is 3.57. The predicted octanol–water partition coefficient (Wildman–Crippen LogP) is 1.68. The first-order valence-corrected chi connectivity index (χ1v) is 5.73. The van der Waals surface area contributed by atoms with Crippen molar-refractivity contribution in [1.29, 1.82) is 0 Å². The second-order valence-electron chi connectivity index (χ2n) is 3.80. The zero-order valence-electron chi connectivity index (χ0n) is 11.1. The number of benzene rings is 1. The summed E-state index contributed by atoms with van der Waals surface area (Å²) in [4.78, 5) is 12.2. The molecule has 0 unspecified atom stereocenters. The number of hydrogen-bond acceptors (Lipinski definition) is 3. The molecule has 5 heteroatoms. The molecule has 20 heavy (non-hydrogen) atoms. The Kier molecular flexibility index (Phi) is 6.24. The van der Waals surface area contributed by atoms with Gasteiger partial charge in [0, 0.05) is 11.5 Å². The smallest absolute Gasteiger partial charge is 0.549 e. The van der Waals surface area contributed by atoms with Crippen LogP contribution in [0.1, 0.15) is 10.4 Å². The number of pyridine rings is 1. The van der Waals surface area contributed by atoms with E-state index in [4.69, 9.17) is 9.47 Å². The molecular formula is C15H14NO3Pd+. The Morgan fingerprint density at radius 3 is 2.50 bits per heavy atom. The summed E-state index contributed by atoms with van der Waals surface area (Å²) in [5.74, 6) is 0.855. The summed E-state index contributed by atoms with van der Waals surface area (Å²) in [5, 5.41) is 0. The van der Waals surface area contributed by atoms with Crippen molar-refractivity contribution in [3.05, 3.63) is 60.9 Å². The normalized spacial score (nSPS) is 9.30. The fraction of sp³-hybridized carbons (Fsp3) is 0.133. The number of rotatable bonds is 5. The first-order chi connectivity index (χ1) is 9.24. The van der Waals surface area contributed by atoms with E-state index in [0.717, 1.165) is 0 Å². The van der Waals surface area contributed by atoms with Gasteiger partial charge in [0.25, 0.3) is 0 Å². The van der Waals surface area contributed by atoms with Gasteiger partial charge >= 0.3 is 20.4 Å². The van der Waals surface area contributed by atoms with Crippen LogP contribution in [-0.2, 0) is 20.4 Å². The van der Waals surface area contributed by atoms with Crippen LogP contribution in [0.5, 0.6) is 11.5 Å². The molecule has 0 radical (unpaired) electrons. The van der Waals surface area contributed by atoms with Crippen molar-refractivity contribution < 1.29 is 39.3 Å². The van der Waals surface area contributed by atoms with Crippen LogP contribution in [0, 0.1) is 12.6 Å². The molecule has 0 bridgehead atoms. The van der Waals surface area contributed by atoms with Gasteiger partial charge in [0.1, 0.15) is 0 Å². The Morgan fingerprint density at radius 2 is 1.90 bits per heavy atom. The van der Waals surface area contributed by atoms with Gasteiger partial charge in [-0.3, -0.25) is 4.57 Å². The topological polar surface area (TPSA) is 39.4 Å². The second kappa shape index (κ2) is 7.69. The largest absolute Gasteiger partial charge is 2.00 e. The summed E-state index contributed by atoms with van der Waals surface area (Å²) in [5.41, 5.74) is 0.375. The Hall–Kier alpha value is -1.83. The fourth-order valence-electron chi connectivity index (χ4n) is 1.63. The molecular weight excluding hydrogens is 349 g/mol. The zero-order chi connectivity index (χ0) is 13.7. The minimum absolute atomic E-state index is 0. The minimum Gasteiger partial charge on any atom is -0.549 e. The van der Waals surface area contributed by atoms with Crippen molar-refractivity contribution in [3.8, 4) is 11.5 Å². The third-order valence-corrected chi connectivity index (χ3v) is 2.59. The van der Waals surface area contributed by atoms with Crippen molar-refractivity contribution >= 4 is 5.78 Å². The summed E-state index contributed by atoms with van der Waals surface area (Å²) in [6, 6.07) is 11.7. The molecule has 1 aromatic carbocycles. The number of ether oxygens (including phenoxy) is 2. The van der Waals surface area contributed by atoms with Gasteiger partial charge < -0.3 is 14.3 Å². The van der Waals surface area contributed by atoms with Crippen LogP contribution in [0.15, 0.2) is 42.7 Å². The van der Waals surface area contributed by atoms with Crippen molar-refractivity contribution in [2.45, 2.75) is 0 Å². The third-order valence-electron chi connectivity index (χ3n) is 2.59. The van der Waals surface area contributed by atoms with E-state index in [-0.39, 0.29) is 26.2 Å². The molecule has 1 aromatic heterocycles. The van der Waals surface area contributed by atoms with E-state index in [1.807, 2.05) is 18.2 Å². The summed E-state index contributed by atoms with van der Waals surface area (Å²) >= 11 is 0. The van der Waals surface area contributed by atoms with Gasteiger partial charge in [-0.1, -0.05) is 12.1 Å². The molecule has 0 saturated carbocycles. The van der Waals surface area contributed by atoms with E-state index in [2.05, 4.69) is 6.07 Å². The van der Waals surface area contributed by atoms with Crippen LogP contribution in [-0.4, -0.2) is 20.0 Å². The molecule has 1 heterocycles. The van der Waals surface area contributed by atoms with Crippen LogP contribution in [0.4, 0.5) is 0 Å². The summed E-state index contributed by atoms with van der Waals surface area (Å²) in [6.45, 7) is 1.47. The van der Waals surface area contributed by atoms with Crippen molar-refractivity contribution in [1.82, 2.24) is 0 Å². The molecule has 0 atom stereocenters. The van der Waals surface area contributed by atoms with Crippen molar-refractivity contribution in [2.24, 2.45) is 0 Å². The van der Waals surface area contributed by atoms with E-state index in [1.54, 1.807) is 36.2 Å². The maximum absolute atomic E-state index is 12.2. The maximum Gasteiger partial charge on any atom is 2.00 e. The first-order valence-electron chi connectivity index (χ1n) is 5.73. The fourth-order valence-corrected chi connectivity index (χ4v) is 1.63. The third kappa shape index (κ3) is 3.83. The standard InChI is InChI=1S/C15H14NO3.Pd/c1-18-12-6-7-13(15(10-12)19-2)14(17)11-16-8-4-3-5-9-16;/h3-6,8-11H,1-2H3;/q-1;+2. The van der Waals surface area contributed by atoms with Gasteiger partial charge in [-0.2, -0.15) is 6.07 Å². The van der Waals surface area contributed by atoms with Crippen molar-refractivity contribution in [2.75, 3.05) is 14.2 Å². The monoisotopic (exact) mass is 362 g/mol. The molecule has 0 N–H and O–H groups in total. The number of ketones is 1. The SMILES string of the molecule is COc1c[c-]c(C(=O)[CH-][n+]2ccccc2)c(OC)c1.[Pd+2]. The molecule has 0 saturated heterocycles. The van der Waals surface area contributed by atoms with Crippen LogP contribution in [0.25, 0.3) is 0 Å². The molecule has 106 valence electrons. The van der Waals surface area contributed by atoms with E-state index in [9.17, 15) is 4.79 Å². The van der Waals surface area contributed by atoms with Crippen LogP contribution < -0.4 is 14.0 Å². The Labute approximate surface area is 132 Å². The number of methoxy groups -OCH3 is 2. The van der Waals surface area contributed by atoms with Gasteiger partial charge in [-0.15, -0.1) is 11.6 Å². The van der Waals surface area contributed by atoms with Crippen LogP contribution >= 0.6 is 0 Å². The van der Waals surface area contributed by atoms with Crippen molar-refractivity contribution in [3.63, 3.8) is 0 Å². The van der Waals surface area contributed by atoms with Crippen LogP contribution in [0.3, 0.4) is 0 Å². The van der Waals surface area contributed by atoms with E-state index >= 15 is 0 Å². The van der Waals surface area contributed by atoms with Gasteiger partial charge in [0.15, 0.2) is 0 Å². The van der Waals surface area contributed by atoms with Gasteiger partial charge in [0.2, 0.25) is 0 Å². The average Bonchev–Trinajstić information content (AvgIpc) is 2.47. The number of nitrogens with zero attached hydrogens (tertiary/aromatic N) is 1. The zero-order valence-corrected chi connectivity index (χ0v) is 12.7. The minimum atomic E-state index is -0.185. The first kappa shape index (κ1) is 16.2. The van der Waals surface area contributed by atoms with Gasteiger partial charge in [-0.05, 0) is 12.1 Å². The molecule has 0 aliphatic heterocycles. The predicted molar refractivity (Wildman–Crippen MR) is 69.0 cm³/mol. The molecule has 2 aromatic rings. The van der Waals surface area contributed by atoms with E-state index < -0.39 is 0 Å². The summed E-state index contributed by atoms with van der Waals surface area (Å²) < 4.78 is 11.9. The number of carbonyl (C=O) groups is 1. The number of Topliss-reactive ketones (excluding diaryl/α,β-unsaturated/α-hetero) is 1.